The molecule has 1 aromatic carbocycles. The van der Waals surface area contributed by atoms with Crippen molar-refractivity contribution >= 4 is 23.2 Å². The van der Waals surface area contributed by atoms with Gasteiger partial charge in [-0.3, -0.25) is 0 Å². The van der Waals surface area contributed by atoms with Gasteiger partial charge in [0.05, 0.1) is 11.9 Å². The van der Waals surface area contributed by atoms with Crippen LogP contribution in [0, 0.1) is 0 Å². The van der Waals surface area contributed by atoms with Gasteiger partial charge in [0.2, 0.25) is 0 Å². The molecule has 0 aliphatic heterocycles. The van der Waals surface area contributed by atoms with Crippen molar-refractivity contribution in [2.75, 3.05) is 0 Å². The van der Waals surface area contributed by atoms with E-state index in [2.05, 4.69) is 5.10 Å². The van der Waals surface area contributed by atoms with Crippen LogP contribution in [0.3, 0.4) is 0 Å². The van der Waals surface area contributed by atoms with Crippen LogP contribution in [-0.4, -0.2) is 9.78 Å². The fourth-order valence-electron chi connectivity index (χ4n) is 1.09. The summed E-state index contributed by atoms with van der Waals surface area (Å²) in [5.41, 5.74) is 0.863. The van der Waals surface area contributed by atoms with Gasteiger partial charge in [0.1, 0.15) is 5.15 Å². The largest absolute Gasteiger partial charge is 0.222 e. The normalized spacial score (nSPS) is 10.3. The minimum absolute atomic E-state index is 0.572. The van der Waals surface area contributed by atoms with Crippen LogP contribution in [0.5, 0.6) is 0 Å². The highest BCUT2D eigenvalue weighted by Crippen LogP contribution is 2.17. The second-order valence-electron chi connectivity index (χ2n) is 2.55. The third-order valence-corrected chi connectivity index (χ3v) is 2.17. The first-order valence-corrected chi connectivity index (χ1v) is 4.48. The van der Waals surface area contributed by atoms with Gasteiger partial charge in [-0.1, -0.05) is 29.3 Å². The highest BCUT2D eigenvalue weighted by atomic mass is 35.5. The standard InChI is InChI=1S/C9H6Cl2N2/c10-7-2-1-3-8(6-7)13-9(11)4-5-12-13/h1-6H. The molecule has 0 amide bonds. The number of rotatable bonds is 1. The molecular formula is C9H6Cl2N2. The van der Waals surface area contributed by atoms with Crippen molar-refractivity contribution in [1.29, 1.82) is 0 Å². The molecule has 2 nitrogen and oxygen atoms in total. The van der Waals surface area contributed by atoms with Crippen molar-refractivity contribution in [3.05, 3.63) is 46.7 Å². The summed E-state index contributed by atoms with van der Waals surface area (Å²) in [6.45, 7) is 0. The number of nitrogens with zero attached hydrogens (tertiary/aromatic N) is 2. The van der Waals surface area contributed by atoms with E-state index < -0.39 is 0 Å². The van der Waals surface area contributed by atoms with Gasteiger partial charge in [0.25, 0.3) is 0 Å². The van der Waals surface area contributed by atoms with Crippen molar-refractivity contribution in [1.82, 2.24) is 9.78 Å². The van der Waals surface area contributed by atoms with E-state index in [9.17, 15) is 0 Å². The average Bonchev–Trinajstić information content (AvgIpc) is 2.51. The van der Waals surface area contributed by atoms with Crippen LogP contribution in [0.2, 0.25) is 10.2 Å². The zero-order chi connectivity index (χ0) is 9.26. The second-order valence-corrected chi connectivity index (χ2v) is 3.37. The molecule has 0 spiro atoms. The smallest absolute Gasteiger partial charge is 0.132 e. The predicted octanol–water partition coefficient (Wildman–Crippen LogP) is 3.18. The van der Waals surface area contributed by atoms with E-state index in [-0.39, 0.29) is 0 Å². The Morgan fingerprint density at radius 3 is 2.62 bits per heavy atom. The molecule has 0 fully saturated rings. The maximum Gasteiger partial charge on any atom is 0.132 e. The first-order chi connectivity index (χ1) is 6.27. The van der Waals surface area contributed by atoms with E-state index >= 15 is 0 Å². The molecule has 0 saturated carbocycles. The zero-order valence-corrected chi connectivity index (χ0v) is 8.13. The van der Waals surface area contributed by atoms with Crippen LogP contribution in [0.15, 0.2) is 36.5 Å². The zero-order valence-electron chi connectivity index (χ0n) is 6.61. The summed E-state index contributed by atoms with van der Waals surface area (Å²) in [7, 11) is 0. The maximum absolute atomic E-state index is 5.88. The van der Waals surface area contributed by atoms with Gasteiger partial charge in [-0.05, 0) is 24.3 Å². The van der Waals surface area contributed by atoms with Gasteiger partial charge in [-0.15, -0.1) is 0 Å². The molecule has 0 unspecified atom stereocenters. The molecular weight excluding hydrogens is 207 g/mol. The van der Waals surface area contributed by atoms with Gasteiger partial charge < -0.3 is 0 Å². The fraction of sp³-hybridized carbons (Fsp3) is 0. The number of hydrogen-bond acceptors (Lipinski definition) is 1. The van der Waals surface area contributed by atoms with E-state index in [1.54, 1.807) is 23.0 Å². The van der Waals surface area contributed by atoms with Crippen molar-refractivity contribution in [2.45, 2.75) is 0 Å². The molecule has 4 heteroatoms. The van der Waals surface area contributed by atoms with Crippen molar-refractivity contribution in [3.8, 4) is 5.69 Å². The van der Waals surface area contributed by atoms with E-state index in [4.69, 9.17) is 23.2 Å². The van der Waals surface area contributed by atoms with E-state index in [0.717, 1.165) is 5.69 Å². The molecule has 2 rings (SSSR count). The Morgan fingerprint density at radius 1 is 1.15 bits per heavy atom. The summed E-state index contributed by atoms with van der Waals surface area (Å²) in [5, 5.41) is 5.30. The maximum atomic E-state index is 5.88. The Balaban J connectivity index is 2.53. The highest BCUT2D eigenvalue weighted by Gasteiger charge is 2.01. The van der Waals surface area contributed by atoms with Crippen LogP contribution in [0.4, 0.5) is 0 Å². The molecule has 13 heavy (non-hydrogen) atoms. The Kier molecular flexibility index (Phi) is 2.25. The minimum Gasteiger partial charge on any atom is -0.222 e. The number of benzene rings is 1. The Hall–Kier alpha value is -0.990. The quantitative estimate of drug-likeness (QED) is 0.711. The monoisotopic (exact) mass is 212 g/mol. The summed E-state index contributed by atoms with van der Waals surface area (Å²) in [5.74, 6) is 0. The summed E-state index contributed by atoms with van der Waals surface area (Å²) in [6, 6.07) is 9.09. The predicted molar refractivity (Wildman–Crippen MR) is 53.6 cm³/mol. The van der Waals surface area contributed by atoms with Crippen LogP contribution < -0.4 is 0 Å². The van der Waals surface area contributed by atoms with Gasteiger partial charge in [-0.25, -0.2) is 4.68 Å². The van der Waals surface area contributed by atoms with Gasteiger partial charge in [-0.2, -0.15) is 5.10 Å². The number of aromatic nitrogens is 2. The lowest BCUT2D eigenvalue weighted by atomic mass is 10.3. The van der Waals surface area contributed by atoms with Crippen molar-refractivity contribution in [3.63, 3.8) is 0 Å². The van der Waals surface area contributed by atoms with Gasteiger partial charge in [0.15, 0.2) is 0 Å². The molecule has 1 aromatic heterocycles. The topological polar surface area (TPSA) is 17.8 Å². The summed E-state index contributed by atoms with van der Waals surface area (Å²) in [4.78, 5) is 0. The summed E-state index contributed by atoms with van der Waals surface area (Å²) < 4.78 is 1.62. The molecule has 0 aliphatic carbocycles. The van der Waals surface area contributed by atoms with Crippen molar-refractivity contribution < 1.29 is 0 Å². The molecule has 0 radical (unpaired) electrons. The summed E-state index contributed by atoms with van der Waals surface area (Å²) in [6.07, 6.45) is 1.64. The lowest BCUT2D eigenvalue weighted by Gasteiger charge is -2.02. The lowest BCUT2D eigenvalue weighted by molar-refractivity contribution is 0.881. The summed E-state index contributed by atoms with van der Waals surface area (Å²) >= 11 is 11.7. The van der Waals surface area contributed by atoms with E-state index in [1.807, 2.05) is 18.2 Å². The van der Waals surface area contributed by atoms with E-state index in [1.165, 1.54) is 0 Å². The first kappa shape index (κ1) is 8.60. The first-order valence-electron chi connectivity index (χ1n) is 3.73. The van der Waals surface area contributed by atoms with Gasteiger partial charge in [0, 0.05) is 5.02 Å². The van der Waals surface area contributed by atoms with E-state index in [0.29, 0.717) is 10.2 Å². The molecule has 66 valence electrons. The third-order valence-electron chi connectivity index (χ3n) is 1.65. The van der Waals surface area contributed by atoms with Crippen LogP contribution in [0.1, 0.15) is 0 Å². The average molecular weight is 213 g/mol. The Morgan fingerprint density at radius 2 is 2.00 bits per heavy atom. The molecule has 2 aromatic rings. The lowest BCUT2D eigenvalue weighted by Crippen LogP contribution is -1.95. The molecule has 0 N–H and O–H groups in total. The van der Waals surface area contributed by atoms with Crippen LogP contribution in [0.25, 0.3) is 5.69 Å². The van der Waals surface area contributed by atoms with Crippen LogP contribution in [-0.2, 0) is 0 Å². The highest BCUT2D eigenvalue weighted by molar-refractivity contribution is 6.31. The molecule has 0 aliphatic rings. The fourth-order valence-corrected chi connectivity index (χ4v) is 1.47. The minimum atomic E-state index is 0.572. The Bertz CT molecular complexity index is 423. The SMILES string of the molecule is Clc1cccc(-n2nccc2Cl)c1. The van der Waals surface area contributed by atoms with Gasteiger partial charge >= 0.3 is 0 Å². The molecule has 0 bridgehead atoms. The Labute approximate surface area is 85.7 Å². The molecule has 0 atom stereocenters. The molecule has 1 heterocycles. The van der Waals surface area contributed by atoms with Crippen molar-refractivity contribution in [2.24, 2.45) is 0 Å². The van der Waals surface area contributed by atoms with Crippen LogP contribution >= 0.6 is 23.2 Å². The molecule has 0 saturated heterocycles. The number of hydrogen-bond donors (Lipinski definition) is 0. The second kappa shape index (κ2) is 3.40. The third kappa shape index (κ3) is 1.69. The number of halogens is 2.